The van der Waals surface area contributed by atoms with Gasteiger partial charge in [-0.1, -0.05) is 37.1 Å². The van der Waals surface area contributed by atoms with Gasteiger partial charge in [-0.05, 0) is 56.8 Å². The van der Waals surface area contributed by atoms with Crippen molar-refractivity contribution in [3.63, 3.8) is 0 Å². The number of hydrogen-bond acceptors (Lipinski definition) is 3. The highest BCUT2D eigenvalue weighted by Gasteiger charge is 2.22. The van der Waals surface area contributed by atoms with Crippen LogP contribution in [0.3, 0.4) is 0 Å². The molecule has 31 heavy (non-hydrogen) atoms. The van der Waals surface area contributed by atoms with Crippen molar-refractivity contribution in [3.05, 3.63) is 35.4 Å². The molecule has 0 unspecified atom stereocenters. The number of piperidine rings is 1. The van der Waals surface area contributed by atoms with E-state index < -0.39 is 6.43 Å². The molecule has 0 atom stereocenters. The monoisotopic (exact) mass is 435 g/mol. The van der Waals surface area contributed by atoms with Gasteiger partial charge in [0.15, 0.2) is 5.96 Å². The van der Waals surface area contributed by atoms with Gasteiger partial charge in [0.2, 0.25) is 0 Å². The van der Waals surface area contributed by atoms with E-state index in [0.717, 1.165) is 31.9 Å². The van der Waals surface area contributed by atoms with E-state index in [0.29, 0.717) is 19.6 Å². The molecule has 1 aromatic rings. The van der Waals surface area contributed by atoms with Crippen molar-refractivity contribution >= 4 is 5.96 Å². The predicted octanol–water partition coefficient (Wildman–Crippen LogP) is 3.85. The predicted molar refractivity (Wildman–Crippen MR) is 124 cm³/mol. The van der Waals surface area contributed by atoms with Crippen LogP contribution < -0.4 is 10.6 Å². The van der Waals surface area contributed by atoms with E-state index in [1.807, 2.05) is 4.90 Å². The summed E-state index contributed by atoms with van der Waals surface area (Å²) in [7, 11) is 0. The van der Waals surface area contributed by atoms with E-state index in [1.165, 1.54) is 49.9 Å². The molecule has 2 aliphatic heterocycles. The third-order valence-electron chi connectivity index (χ3n) is 6.29. The minimum atomic E-state index is -2.25. The molecule has 0 aromatic heterocycles. The Hall–Kier alpha value is -1.73. The number of benzene rings is 1. The minimum Gasteiger partial charge on any atom is -0.357 e. The van der Waals surface area contributed by atoms with E-state index in [4.69, 9.17) is 4.99 Å². The van der Waals surface area contributed by atoms with Gasteiger partial charge >= 0.3 is 0 Å². The van der Waals surface area contributed by atoms with Gasteiger partial charge in [0, 0.05) is 32.2 Å². The maximum Gasteiger partial charge on any atom is 0.251 e. The number of hydrogen-bond donors (Lipinski definition) is 2. The summed E-state index contributed by atoms with van der Waals surface area (Å²) >= 11 is 0. The topological polar surface area (TPSA) is 42.9 Å². The fourth-order valence-electron chi connectivity index (χ4n) is 4.53. The maximum absolute atomic E-state index is 12.6. The molecule has 2 heterocycles. The molecule has 5 nitrogen and oxygen atoms in total. The third-order valence-corrected chi connectivity index (χ3v) is 6.29. The lowest BCUT2D eigenvalue weighted by molar-refractivity contribution is 0.0744. The van der Waals surface area contributed by atoms with E-state index >= 15 is 0 Å². The number of guanidine groups is 1. The van der Waals surface area contributed by atoms with Crippen molar-refractivity contribution in [2.75, 3.05) is 39.3 Å². The highest BCUT2D eigenvalue weighted by molar-refractivity contribution is 5.80. The summed E-state index contributed by atoms with van der Waals surface area (Å²) in [6.07, 6.45) is 4.77. The van der Waals surface area contributed by atoms with Crippen LogP contribution in [-0.2, 0) is 13.1 Å². The fourth-order valence-corrected chi connectivity index (χ4v) is 4.53. The van der Waals surface area contributed by atoms with Crippen LogP contribution in [0.5, 0.6) is 0 Å². The Kier molecular flexibility index (Phi) is 10.0. The van der Waals surface area contributed by atoms with Crippen molar-refractivity contribution in [1.82, 2.24) is 20.4 Å². The standard InChI is InChI=1S/C24H39F2N5/c1-2-27-24(29-22-11-15-31(16-12-22)19-23(25)26)28-17-20-9-5-6-10-21(20)18-30-13-7-3-4-8-14-30/h5-6,9-10,22-23H,2-4,7-8,11-19H2,1H3,(H2,27,28,29). The van der Waals surface area contributed by atoms with Crippen LogP contribution in [0.25, 0.3) is 0 Å². The molecule has 2 fully saturated rings. The Bertz CT molecular complexity index is 666. The Labute approximate surface area is 186 Å². The second kappa shape index (κ2) is 13.0. The molecule has 0 saturated carbocycles. The average molecular weight is 436 g/mol. The van der Waals surface area contributed by atoms with Crippen LogP contribution in [0, 0.1) is 0 Å². The first-order valence-electron chi connectivity index (χ1n) is 12.0. The molecular weight excluding hydrogens is 396 g/mol. The van der Waals surface area contributed by atoms with E-state index in [2.05, 4.69) is 46.7 Å². The first-order chi connectivity index (χ1) is 15.1. The van der Waals surface area contributed by atoms with Gasteiger partial charge in [-0.15, -0.1) is 0 Å². The van der Waals surface area contributed by atoms with Crippen molar-refractivity contribution < 1.29 is 8.78 Å². The molecule has 0 radical (unpaired) electrons. The second-order valence-corrected chi connectivity index (χ2v) is 8.76. The largest absolute Gasteiger partial charge is 0.357 e. The van der Waals surface area contributed by atoms with E-state index in [9.17, 15) is 8.78 Å². The lowest BCUT2D eigenvalue weighted by Gasteiger charge is -2.32. The number of likely N-dealkylation sites (tertiary alicyclic amines) is 2. The van der Waals surface area contributed by atoms with Crippen LogP contribution in [0.2, 0.25) is 0 Å². The lowest BCUT2D eigenvalue weighted by atomic mass is 10.1. The van der Waals surface area contributed by atoms with Crippen LogP contribution in [0.4, 0.5) is 8.78 Å². The molecule has 174 valence electrons. The Balaban J connectivity index is 1.56. The molecule has 2 saturated heterocycles. The fraction of sp³-hybridized carbons (Fsp3) is 0.708. The number of aliphatic imine (C=N–C) groups is 1. The molecular formula is C24H39F2N5. The second-order valence-electron chi connectivity index (χ2n) is 8.76. The van der Waals surface area contributed by atoms with Gasteiger partial charge in [-0.2, -0.15) is 0 Å². The number of halogens is 2. The molecule has 0 spiro atoms. The van der Waals surface area contributed by atoms with E-state index in [-0.39, 0.29) is 12.6 Å². The number of nitrogens with zero attached hydrogens (tertiary/aromatic N) is 3. The normalized spacial score (nSPS) is 20.1. The van der Waals surface area contributed by atoms with Crippen LogP contribution in [-0.4, -0.2) is 67.5 Å². The van der Waals surface area contributed by atoms with Gasteiger partial charge < -0.3 is 10.6 Å². The molecule has 3 rings (SSSR count). The first-order valence-corrected chi connectivity index (χ1v) is 12.0. The zero-order valence-electron chi connectivity index (χ0n) is 19.0. The zero-order valence-corrected chi connectivity index (χ0v) is 19.0. The van der Waals surface area contributed by atoms with Crippen molar-refractivity contribution in [2.24, 2.45) is 4.99 Å². The van der Waals surface area contributed by atoms with Crippen molar-refractivity contribution in [2.45, 2.75) is 71.0 Å². The molecule has 0 bridgehead atoms. The maximum atomic E-state index is 12.6. The van der Waals surface area contributed by atoms with Crippen molar-refractivity contribution in [1.29, 1.82) is 0 Å². The third kappa shape index (κ3) is 8.37. The van der Waals surface area contributed by atoms with Crippen LogP contribution in [0.1, 0.15) is 56.6 Å². The summed E-state index contributed by atoms with van der Waals surface area (Å²) in [5.41, 5.74) is 2.64. The summed E-state index contributed by atoms with van der Waals surface area (Å²) < 4.78 is 25.2. The molecule has 7 heteroatoms. The smallest absolute Gasteiger partial charge is 0.251 e. The Morgan fingerprint density at radius 3 is 2.32 bits per heavy atom. The van der Waals surface area contributed by atoms with Gasteiger partial charge in [0.05, 0.1) is 13.1 Å². The quantitative estimate of drug-likeness (QED) is 0.481. The molecule has 1 aromatic carbocycles. The van der Waals surface area contributed by atoms with Gasteiger partial charge in [-0.25, -0.2) is 13.8 Å². The minimum absolute atomic E-state index is 0.116. The van der Waals surface area contributed by atoms with Gasteiger partial charge in [0.25, 0.3) is 6.43 Å². The van der Waals surface area contributed by atoms with E-state index in [1.54, 1.807) is 0 Å². The molecule has 0 amide bonds. The van der Waals surface area contributed by atoms with Crippen LogP contribution in [0.15, 0.2) is 29.3 Å². The highest BCUT2D eigenvalue weighted by atomic mass is 19.3. The summed E-state index contributed by atoms with van der Waals surface area (Å²) in [5, 5.41) is 6.87. The lowest BCUT2D eigenvalue weighted by Crippen LogP contribution is -2.49. The van der Waals surface area contributed by atoms with Gasteiger partial charge in [-0.3, -0.25) is 9.80 Å². The number of nitrogens with one attached hydrogen (secondary N) is 2. The summed E-state index contributed by atoms with van der Waals surface area (Å²) in [6.45, 7) is 8.18. The Morgan fingerprint density at radius 2 is 1.68 bits per heavy atom. The Morgan fingerprint density at radius 1 is 1.00 bits per heavy atom. The SMILES string of the molecule is CCNC(=NCc1ccccc1CN1CCCCCC1)NC1CCN(CC(F)F)CC1. The zero-order chi connectivity index (χ0) is 21.9. The summed E-state index contributed by atoms with van der Waals surface area (Å²) in [5.74, 6) is 0.819. The molecule has 2 aliphatic rings. The van der Waals surface area contributed by atoms with Crippen molar-refractivity contribution in [3.8, 4) is 0 Å². The van der Waals surface area contributed by atoms with Gasteiger partial charge in [0.1, 0.15) is 0 Å². The highest BCUT2D eigenvalue weighted by Crippen LogP contribution is 2.17. The van der Waals surface area contributed by atoms with Crippen LogP contribution >= 0.6 is 0 Å². The first kappa shape index (κ1) is 23.9. The number of rotatable bonds is 8. The summed E-state index contributed by atoms with van der Waals surface area (Å²) in [6, 6.07) is 8.91. The molecule has 0 aliphatic carbocycles. The molecule has 2 N–H and O–H groups in total. The summed E-state index contributed by atoms with van der Waals surface area (Å²) in [4.78, 5) is 9.29. The number of alkyl halides is 2. The average Bonchev–Trinajstić information content (AvgIpc) is 3.03.